The Morgan fingerprint density at radius 3 is 2.73 bits per heavy atom. The molecule has 0 bridgehead atoms. The van der Waals surface area contributed by atoms with Crippen molar-refractivity contribution in [2.45, 2.75) is 19.6 Å². The second-order valence-electron chi connectivity index (χ2n) is 6.04. The number of hydrogen-bond acceptors (Lipinski definition) is 4. The lowest BCUT2D eigenvalue weighted by Gasteiger charge is -2.13. The topological polar surface area (TPSA) is 75.8 Å². The molecule has 30 heavy (non-hydrogen) atoms. The first-order chi connectivity index (χ1) is 14.0. The van der Waals surface area contributed by atoms with Gasteiger partial charge in [-0.25, -0.2) is 4.99 Å². The average molecular weight is 534 g/mol. The Labute approximate surface area is 188 Å². The zero-order chi connectivity index (χ0) is 20.7. The molecule has 2 N–H and O–H groups in total. The third-order valence-electron chi connectivity index (χ3n) is 3.93. The van der Waals surface area contributed by atoms with Gasteiger partial charge in [0.25, 0.3) is 0 Å². The van der Waals surface area contributed by atoms with Crippen LogP contribution in [0, 0.1) is 0 Å². The van der Waals surface area contributed by atoms with E-state index in [4.69, 9.17) is 4.74 Å². The molecule has 162 valence electrons. The van der Waals surface area contributed by atoms with Crippen molar-refractivity contribution in [3.05, 3.63) is 60.0 Å². The first-order valence-electron chi connectivity index (χ1n) is 9.08. The number of pyridine rings is 1. The summed E-state index contributed by atoms with van der Waals surface area (Å²) in [5.41, 5.74) is 0.00328. The molecular weight excluding hydrogens is 512 g/mol. The third kappa shape index (κ3) is 6.47. The Kier molecular flexibility index (Phi) is 8.69. The SMILES string of the molecule is CCNC(=NCc1nnc2ccccn12)NCCOc1cccc(C(F)(F)F)c1.I. The summed E-state index contributed by atoms with van der Waals surface area (Å²) >= 11 is 0. The van der Waals surface area contributed by atoms with Crippen LogP contribution < -0.4 is 15.4 Å². The Morgan fingerprint density at radius 2 is 1.97 bits per heavy atom. The molecule has 2 aromatic heterocycles. The van der Waals surface area contributed by atoms with Crippen LogP contribution in [0.25, 0.3) is 5.65 Å². The van der Waals surface area contributed by atoms with E-state index >= 15 is 0 Å². The van der Waals surface area contributed by atoms with E-state index < -0.39 is 11.7 Å². The third-order valence-corrected chi connectivity index (χ3v) is 3.93. The van der Waals surface area contributed by atoms with Gasteiger partial charge in [-0.2, -0.15) is 13.2 Å². The predicted molar refractivity (Wildman–Crippen MR) is 118 cm³/mol. The number of aromatic nitrogens is 3. The molecule has 0 aliphatic carbocycles. The summed E-state index contributed by atoms with van der Waals surface area (Å²) in [6.45, 7) is 3.45. The number of benzene rings is 1. The van der Waals surface area contributed by atoms with Gasteiger partial charge < -0.3 is 15.4 Å². The number of ether oxygens (including phenoxy) is 1. The smallest absolute Gasteiger partial charge is 0.416 e. The fraction of sp³-hybridized carbons (Fsp3) is 0.316. The minimum Gasteiger partial charge on any atom is -0.492 e. The van der Waals surface area contributed by atoms with Crippen LogP contribution in [0.15, 0.2) is 53.7 Å². The molecule has 0 aliphatic rings. The van der Waals surface area contributed by atoms with E-state index in [1.54, 1.807) is 0 Å². The lowest BCUT2D eigenvalue weighted by atomic mass is 10.2. The second-order valence-corrected chi connectivity index (χ2v) is 6.04. The summed E-state index contributed by atoms with van der Waals surface area (Å²) in [6.07, 6.45) is -2.53. The number of halogens is 4. The summed E-state index contributed by atoms with van der Waals surface area (Å²) in [7, 11) is 0. The maximum Gasteiger partial charge on any atom is 0.416 e. The lowest BCUT2D eigenvalue weighted by Crippen LogP contribution is -2.39. The molecule has 0 unspecified atom stereocenters. The van der Waals surface area contributed by atoms with Gasteiger partial charge in [0.2, 0.25) is 0 Å². The van der Waals surface area contributed by atoms with E-state index in [0.29, 0.717) is 31.4 Å². The Balaban J connectivity index is 0.00000320. The van der Waals surface area contributed by atoms with Crippen molar-refractivity contribution >= 4 is 35.6 Å². The molecule has 0 spiro atoms. The Bertz CT molecular complexity index is 976. The monoisotopic (exact) mass is 534 g/mol. The largest absolute Gasteiger partial charge is 0.492 e. The van der Waals surface area contributed by atoms with Crippen molar-refractivity contribution in [3.63, 3.8) is 0 Å². The van der Waals surface area contributed by atoms with Crippen molar-refractivity contribution in [3.8, 4) is 5.75 Å². The van der Waals surface area contributed by atoms with Crippen LogP contribution in [0.4, 0.5) is 13.2 Å². The minimum absolute atomic E-state index is 0. The van der Waals surface area contributed by atoms with Crippen LogP contribution in [0.1, 0.15) is 18.3 Å². The quantitative estimate of drug-likeness (QED) is 0.210. The summed E-state index contributed by atoms with van der Waals surface area (Å²) in [5, 5.41) is 14.4. The van der Waals surface area contributed by atoms with Crippen LogP contribution in [0.2, 0.25) is 0 Å². The van der Waals surface area contributed by atoms with Crippen LogP contribution in [0.5, 0.6) is 5.75 Å². The maximum absolute atomic E-state index is 12.7. The maximum atomic E-state index is 12.7. The molecule has 1 aromatic carbocycles. The van der Waals surface area contributed by atoms with Crippen LogP contribution in [-0.2, 0) is 12.7 Å². The molecule has 0 fully saturated rings. The average Bonchev–Trinajstić information content (AvgIpc) is 3.12. The lowest BCUT2D eigenvalue weighted by molar-refractivity contribution is -0.137. The fourth-order valence-corrected chi connectivity index (χ4v) is 2.59. The number of alkyl halides is 3. The number of nitrogens with one attached hydrogen (secondary N) is 2. The first kappa shape index (κ1) is 23.7. The summed E-state index contributed by atoms with van der Waals surface area (Å²) in [4.78, 5) is 4.46. The molecular formula is C19H22F3IN6O. The van der Waals surface area contributed by atoms with Gasteiger partial charge in [-0.15, -0.1) is 34.2 Å². The number of rotatable bonds is 7. The van der Waals surface area contributed by atoms with Gasteiger partial charge in [0.1, 0.15) is 18.9 Å². The van der Waals surface area contributed by atoms with Gasteiger partial charge in [0.05, 0.1) is 12.1 Å². The standard InChI is InChI=1S/C19H21F3N6O.HI/c1-2-23-18(25-13-17-27-26-16-8-3-4-10-28(16)17)24-9-11-29-15-7-5-6-14(12-15)19(20,21)22;/h3-8,10,12H,2,9,11,13H2,1H3,(H2,23,24,25);1H. The van der Waals surface area contributed by atoms with E-state index in [0.717, 1.165) is 17.8 Å². The number of aliphatic imine (C=N–C) groups is 1. The van der Waals surface area contributed by atoms with Crippen molar-refractivity contribution in [1.82, 2.24) is 25.2 Å². The normalized spacial score (nSPS) is 11.8. The molecule has 3 aromatic rings. The van der Waals surface area contributed by atoms with Crippen LogP contribution in [-0.4, -0.2) is 40.3 Å². The number of nitrogens with zero attached hydrogens (tertiary/aromatic N) is 4. The van der Waals surface area contributed by atoms with E-state index in [2.05, 4.69) is 25.8 Å². The van der Waals surface area contributed by atoms with Gasteiger partial charge in [-0.3, -0.25) is 4.40 Å². The zero-order valence-electron chi connectivity index (χ0n) is 16.2. The van der Waals surface area contributed by atoms with Gasteiger partial charge >= 0.3 is 6.18 Å². The molecule has 11 heteroatoms. The highest BCUT2D eigenvalue weighted by Gasteiger charge is 2.30. The van der Waals surface area contributed by atoms with Crippen LogP contribution in [0.3, 0.4) is 0 Å². The van der Waals surface area contributed by atoms with Gasteiger partial charge in [-0.05, 0) is 37.3 Å². The second kappa shape index (κ2) is 11.0. The van der Waals surface area contributed by atoms with E-state index in [-0.39, 0.29) is 36.3 Å². The molecule has 0 aliphatic heterocycles. The zero-order valence-corrected chi connectivity index (χ0v) is 18.5. The van der Waals surface area contributed by atoms with Gasteiger partial charge in [-0.1, -0.05) is 12.1 Å². The molecule has 0 amide bonds. The highest BCUT2D eigenvalue weighted by molar-refractivity contribution is 14.0. The van der Waals surface area contributed by atoms with Gasteiger partial charge in [0.15, 0.2) is 17.4 Å². The van der Waals surface area contributed by atoms with Crippen molar-refractivity contribution in [2.75, 3.05) is 19.7 Å². The van der Waals surface area contributed by atoms with Crippen LogP contribution >= 0.6 is 24.0 Å². The Morgan fingerprint density at radius 1 is 1.13 bits per heavy atom. The highest BCUT2D eigenvalue weighted by atomic mass is 127. The number of hydrogen-bond donors (Lipinski definition) is 2. The molecule has 7 nitrogen and oxygen atoms in total. The molecule has 0 saturated heterocycles. The summed E-state index contributed by atoms with van der Waals surface area (Å²) < 4.78 is 45.5. The summed E-state index contributed by atoms with van der Waals surface area (Å²) in [6, 6.07) is 10.4. The molecule has 0 atom stereocenters. The number of guanidine groups is 1. The Hall–Kier alpha value is -2.57. The van der Waals surface area contributed by atoms with Gasteiger partial charge in [0, 0.05) is 12.7 Å². The van der Waals surface area contributed by atoms with Crippen molar-refractivity contribution < 1.29 is 17.9 Å². The fourth-order valence-electron chi connectivity index (χ4n) is 2.59. The van der Waals surface area contributed by atoms with Crippen molar-refractivity contribution in [2.24, 2.45) is 4.99 Å². The van der Waals surface area contributed by atoms with Crippen molar-refractivity contribution in [1.29, 1.82) is 0 Å². The molecule has 2 heterocycles. The van der Waals surface area contributed by atoms with E-state index in [1.165, 1.54) is 12.1 Å². The molecule has 0 radical (unpaired) electrons. The molecule has 3 rings (SSSR count). The predicted octanol–water partition coefficient (Wildman–Crippen LogP) is 3.50. The van der Waals surface area contributed by atoms with E-state index in [9.17, 15) is 13.2 Å². The summed E-state index contributed by atoms with van der Waals surface area (Å²) in [5.74, 6) is 1.41. The first-order valence-corrected chi connectivity index (χ1v) is 9.08. The minimum atomic E-state index is -4.39. The highest BCUT2D eigenvalue weighted by Crippen LogP contribution is 2.31. The number of fused-ring (bicyclic) bond motifs is 1. The van der Waals surface area contributed by atoms with E-state index in [1.807, 2.05) is 35.7 Å². The molecule has 0 saturated carbocycles.